The fourth-order valence-electron chi connectivity index (χ4n) is 2.31. The minimum Gasteiger partial charge on any atom is -0.400 e. The van der Waals surface area contributed by atoms with Crippen LogP contribution in [0.15, 0.2) is 30.3 Å². The molecule has 0 aliphatic carbocycles. The molecule has 0 saturated carbocycles. The van der Waals surface area contributed by atoms with E-state index in [-0.39, 0.29) is 5.25 Å². The minimum atomic E-state index is -1.23. The third kappa shape index (κ3) is 8.92. The molecular formula is C18H30O2S. The van der Waals surface area contributed by atoms with E-state index in [1.54, 1.807) is 0 Å². The SMILES string of the molecule is CCCCCCCCCCC(C)S(=O)Oc1ccccc1. The van der Waals surface area contributed by atoms with E-state index in [1.165, 1.54) is 44.9 Å². The summed E-state index contributed by atoms with van der Waals surface area (Å²) in [6.07, 6.45) is 11.5. The maximum atomic E-state index is 12.0. The van der Waals surface area contributed by atoms with Gasteiger partial charge in [0.1, 0.15) is 5.75 Å². The van der Waals surface area contributed by atoms with Crippen molar-refractivity contribution < 1.29 is 8.39 Å². The van der Waals surface area contributed by atoms with Crippen molar-refractivity contribution in [2.24, 2.45) is 0 Å². The molecule has 0 spiro atoms. The van der Waals surface area contributed by atoms with Gasteiger partial charge >= 0.3 is 0 Å². The molecule has 1 aromatic rings. The molecule has 120 valence electrons. The maximum Gasteiger partial charge on any atom is 0.209 e. The molecule has 2 unspecified atom stereocenters. The van der Waals surface area contributed by atoms with E-state index in [1.807, 2.05) is 37.3 Å². The Bertz CT molecular complexity index is 378. The Morgan fingerprint density at radius 3 is 2.14 bits per heavy atom. The van der Waals surface area contributed by atoms with Crippen molar-refractivity contribution in [1.29, 1.82) is 0 Å². The summed E-state index contributed by atoms with van der Waals surface area (Å²) in [6, 6.07) is 9.42. The van der Waals surface area contributed by atoms with Crippen LogP contribution in [0.25, 0.3) is 0 Å². The van der Waals surface area contributed by atoms with Crippen molar-refractivity contribution in [1.82, 2.24) is 0 Å². The highest BCUT2D eigenvalue weighted by atomic mass is 32.2. The first kappa shape index (κ1) is 18.2. The van der Waals surface area contributed by atoms with Crippen LogP contribution in [0.2, 0.25) is 0 Å². The average Bonchev–Trinajstić information content (AvgIpc) is 2.50. The van der Waals surface area contributed by atoms with E-state index >= 15 is 0 Å². The monoisotopic (exact) mass is 310 g/mol. The molecule has 2 atom stereocenters. The van der Waals surface area contributed by atoms with E-state index in [0.717, 1.165) is 12.8 Å². The highest BCUT2D eigenvalue weighted by molar-refractivity contribution is 7.81. The molecule has 1 aromatic carbocycles. The second-order valence-corrected chi connectivity index (χ2v) is 7.22. The zero-order chi connectivity index (χ0) is 15.3. The Balaban J connectivity index is 2.05. The normalized spacial score (nSPS) is 13.8. The number of benzene rings is 1. The van der Waals surface area contributed by atoms with Crippen molar-refractivity contribution in [3.63, 3.8) is 0 Å². The van der Waals surface area contributed by atoms with E-state index in [9.17, 15) is 4.21 Å². The fourth-order valence-corrected chi connectivity index (χ4v) is 3.14. The summed E-state index contributed by atoms with van der Waals surface area (Å²) in [6.45, 7) is 4.26. The van der Waals surface area contributed by atoms with Crippen LogP contribution in [0, 0.1) is 0 Å². The topological polar surface area (TPSA) is 26.3 Å². The molecule has 0 N–H and O–H groups in total. The van der Waals surface area contributed by atoms with Crippen molar-refractivity contribution in [3.8, 4) is 5.75 Å². The fraction of sp³-hybridized carbons (Fsp3) is 0.667. The zero-order valence-corrected chi connectivity index (χ0v) is 14.4. The predicted molar refractivity (Wildman–Crippen MR) is 91.9 cm³/mol. The summed E-state index contributed by atoms with van der Waals surface area (Å²) in [4.78, 5) is 0. The maximum absolute atomic E-state index is 12.0. The van der Waals surface area contributed by atoms with Gasteiger partial charge in [0.05, 0.1) is 5.25 Å². The van der Waals surface area contributed by atoms with Gasteiger partial charge in [-0.25, -0.2) is 4.21 Å². The van der Waals surface area contributed by atoms with Crippen LogP contribution in [0.4, 0.5) is 0 Å². The number of hydrogen-bond donors (Lipinski definition) is 0. The van der Waals surface area contributed by atoms with Crippen LogP contribution < -0.4 is 4.18 Å². The lowest BCUT2D eigenvalue weighted by atomic mass is 10.1. The van der Waals surface area contributed by atoms with Crippen molar-refractivity contribution >= 4 is 11.1 Å². The van der Waals surface area contributed by atoms with Crippen LogP contribution in [0.1, 0.15) is 71.6 Å². The van der Waals surface area contributed by atoms with Gasteiger partial charge < -0.3 is 4.18 Å². The van der Waals surface area contributed by atoms with Gasteiger partial charge in [-0.3, -0.25) is 0 Å². The quantitative estimate of drug-likeness (QED) is 0.466. The van der Waals surface area contributed by atoms with Gasteiger partial charge in [0.15, 0.2) is 0 Å². The first-order chi connectivity index (χ1) is 10.2. The standard InChI is InChI=1S/C18H30O2S/c1-3-4-5-6-7-8-9-11-14-17(2)21(19)20-18-15-12-10-13-16-18/h10,12-13,15-17H,3-9,11,14H2,1-2H3. The summed E-state index contributed by atoms with van der Waals surface area (Å²) in [7, 11) is 0. The lowest BCUT2D eigenvalue weighted by molar-refractivity contribution is 0.529. The molecule has 1 rings (SSSR count). The van der Waals surface area contributed by atoms with Crippen molar-refractivity contribution in [2.75, 3.05) is 0 Å². The van der Waals surface area contributed by atoms with Crippen LogP contribution >= 0.6 is 0 Å². The van der Waals surface area contributed by atoms with Gasteiger partial charge in [-0.15, -0.1) is 0 Å². The molecule has 0 fully saturated rings. The first-order valence-electron chi connectivity index (χ1n) is 8.38. The van der Waals surface area contributed by atoms with Gasteiger partial charge in [-0.05, 0) is 25.5 Å². The number of hydrogen-bond acceptors (Lipinski definition) is 2. The Kier molecular flexibility index (Phi) is 10.2. The van der Waals surface area contributed by atoms with E-state index in [4.69, 9.17) is 4.18 Å². The summed E-state index contributed by atoms with van der Waals surface area (Å²) in [5, 5.41) is 0.102. The Morgan fingerprint density at radius 2 is 1.52 bits per heavy atom. The average molecular weight is 311 g/mol. The van der Waals surface area contributed by atoms with E-state index < -0.39 is 11.1 Å². The molecule has 2 nitrogen and oxygen atoms in total. The van der Waals surface area contributed by atoms with E-state index in [0.29, 0.717) is 5.75 Å². The van der Waals surface area contributed by atoms with Gasteiger partial charge in [-0.2, -0.15) is 0 Å². The molecule has 0 saturated heterocycles. The number of para-hydroxylation sites is 1. The Labute approximate surface area is 133 Å². The minimum absolute atomic E-state index is 0.102. The highest BCUT2D eigenvalue weighted by Gasteiger charge is 2.12. The molecule has 0 heterocycles. The molecule has 0 aliphatic heterocycles. The molecule has 0 aromatic heterocycles. The second-order valence-electron chi connectivity index (χ2n) is 5.73. The Morgan fingerprint density at radius 1 is 0.952 bits per heavy atom. The molecule has 3 heteroatoms. The summed E-state index contributed by atoms with van der Waals surface area (Å²) < 4.78 is 17.5. The third-order valence-corrected chi connectivity index (χ3v) is 4.96. The molecule has 0 radical (unpaired) electrons. The summed E-state index contributed by atoms with van der Waals surface area (Å²) >= 11 is -1.23. The molecular weight excluding hydrogens is 280 g/mol. The molecule has 0 aliphatic rings. The zero-order valence-electron chi connectivity index (χ0n) is 13.6. The summed E-state index contributed by atoms with van der Waals surface area (Å²) in [5.74, 6) is 0.693. The largest absolute Gasteiger partial charge is 0.400 e. The number of rotatable bonds is 12. The van der Waals surface area contributed by atoms with Gasteiger partial charge in [0.25, 0.3) is 0 Å². The van der Waals surface area contributed by atoms with Crippen LogP contribution in [-0.2, 0) is 11.1 Å². The summed E-state index contributed by atoms with van der Waals surface area (Å²) in [5.41, 5.74) is 0. The second kappa shape index (κ2) is 11.8. The van der Waals surface area contributed by atoms with Crippen molar-refractivity contribution in [2.45, 2.75) is 76.9 Å². The van der Waals surface area contributed by atoms with Gasteiger partial charge in [0, 0.05) is 0 Å². The van der Waals surface area contributed by atoms with Crippen LogP contribution in [0.3, 0.4) is 0 Å². The first-order valence-corrected chi connectivity index (χ1v) is 9.51. The number of unbranched alkanes of at least 4 members (excludes halogenated alkanes) is 7. The third-order valence-electron chi connectivity index (χ3n) is 3.71. The molecule has 21 heavy (non-hydrogen) atoms. The van der Waals surface area contributed by atoms with Crippen molar-refractivity contribution in [3.05, 3.63) is 30.3 Å². The lowest BCUT2D eigenvalue weighted by Gasteiger charge is -2.11. The van der Waals surface area contributed by atoms with Gasteiger partial charge in [0.2, 0.25) is 11.1 Å². The Hall–Kier alpha value is -0.830. The lowest BCUT2D eigenvalue weighted by Crippen LogP contribution is -2.15. The van der Waals surface area contributed by atoms with Crippen LogP contribution in [-0.4, -0.2) is 9.46 Å². The van der Waals surface area contributed by atoms with E-state index in [2.05, 4.69) is 6.92 Å². The highest BCUT2D eigenvalue weighted by Crippen LogP contribution is 2.16. The molecule has 0 amide bonds. The molecule has 0 bridgehead atoms. The predicted octanol–water partition coefficient (Wildman–Crippen LogP) is 5.65. The van der Waals surface area contributed by atoms with Gasteiger partial charge in [-0.1, -0.05) is 76.5 Å². The smallest absolute Gasteiger partial charge is 0.209 e. The van der Waals surface area contributed by atoms with Crippen LogP contribution in [0.5, 0.6) is 5.75 Å².